The average molecular weight is 384 g/mol. The molecule has 0 radical (unpaired) electrons. The van der Waals surface area contributed by atoms with Crippen molar-refractivity contribution in [2.75, 3.05) is 25.1 Å². The van der Waals surface area contributed by atoms with Crippen molar-refractivity contribution in [3.8, 4) is 11.8 Å². The lowest BCUT2D eigenvalue weighted by Crippen LogP contribution is -2.23. The molecule has 0 saturated carbocycles. The Bertz CT molecular complexity index is 801. The molecule has 1 amide bonds. The quantitative estimate of drug-likeness (QED) is 0.612. The van der Waals surface area contributed by atoms with Gasteiger partial charge in [0, 0.05) is 17.9 Å². The molecule has 3 N–H and O–H groups in total. The molecule has 0 aromatic heterocycles. The molecule has 7 nitrogen and oxygen atoms in total. The Kier molecular flexibility index (Phi) is 8.28. The third-order valence-corrected chi connectivity index (χ3v) is 4.17. The van der Waals surface area contributed by atoms with Crippen LogP contribution in [0, 0.1) is 17.2 Å². The van der Waals surface area contributed by atoms with Crippen LogP contribution in [0.4, 0.5) is 10.5 Å². The zero-order chi connectivity index (χ0) is 20.4. The fraction of sp³-hybridized carbons (Fsp3) is 0.333. The first kappa shape index (κ1) is 21.2. The van der Waals surface area contributed by atoms with Crippen molar-refractivity contribution in [2.24, 2.45) is 5.92 Å². The normalized spacial score (nSPS) is 12.5. The van der Waals surface area contributed by atoms with Crippen LogP contribution in [-0.4, -0.2) is 36.1 Å². The molecule has 2 rings (SSSR count). The van der Waals surface area contributed by atoms with E-state index in [0.717, 1.165) is 0 Å². The summed E-state index contributed by atoms with van der Waals surface area (Å²) in [7, 11) is 0. The van der Waals surface area contributed by atoms with Crippen LogP contribution < -0.4 is 10.1 Å². The molecule has 0 bridgehead atoms. The van der Waals surface area contributed by atoms with Crippen LogP contribution in [-0.2, 0) is 4.74 Å². The van der Waals surface area contributed by atoms with E-state index in [1.807, 2.05) is 19.1 Å². The molecule has 2 atom stereocenters. The summed E-state index contributed by atoms with van der Waals surface area (Å²) in [6, 6.07) is 15.6. The third-order valence-electron chi connectivity index (χ3n) is 4.17. The maximum atomic E-state index is 12.4. The van der Waals surface area contributed by atoms with E-state index in [4.69, 9.17) is 19.8 Å². The van der Waals surface area contributed by atoms with Gasteiger partial charge >= 0.3 is 6.09 Å². The van der Waals surface area contributed by atoms with Gasteiger partial charge in [0.25, 0.3) is 0 Å². The number of hydrogen-bond donors (Lipinski definition) is 3. The van der Waals surface area contributed by atoms with Crippen LogP contribution in [0.1, 0.15) is 30.6 Å². The van der Waals surface area contributed by atoms with Crippen LogP contribution in [0.2, 0.25) is 0 Å². The number of aliphatic hydroxyl groups is 2. The predicted molar refractivity (Wildman–Crippen MR) is 104 cm³/mol. The predicted octanol–water partition coefficient (Wildman–Crippen LogP) is 3.24. The minimum absolute atomic E-state index is 0.0437. The fourth-order valence-electron chi connectivity index (χ4n) is 2.73. The molecule has 2 aromatic rings. The summed E-state index contributed by atoms with van der Waals surface area (Å²) in [5.41, 5.74) is 1.65. The number of carbonyl (C=O) groups excluding carboxylic acids is 1. The smallest absolute Gasteiger partial charge is 0.412 e. The molecule has 7 heteroatoms. The molecule has 0 spiro atoms. The SMILES string of the molecule is C[C@H](CCO)[C@H](OC(=O)Nc1ccc(C#N)cc1)c1ccccc1OCCO. The Morgan fingerprint density at radius 3 is 2.50 bits per heavy atom. The first-order valence-corrected chi connectivity index (χ1v) is 9.00. The molecule has 28 heavy (non-hydrogen) atoms. The van der Waals surface area contributed by atoms with E-state index >= 15 is 0 Å². The van der Waals surface area contributed by atoms with Crippen LogP contribution in [0.5, 0.6) is 5.75 Å². The molecule has 0 fully saturated rings. The van der Waals surface area contributed by atoms with E-state index in [1.54, 1.807) is 42.5 Å². The van der Waals surface area contributed by atoms with Gasteiger partial charge < -0.3 is 19.7 Å². The van der Waals surface area contributed by atoms with Crippen molar-refractivity contribution in [1.29, 1.82) is 5.26 Å². The number of para-hydroxylation sites is 1. The molecule has 0 aliphatic heterocycles. The Labute approximate surface area is 164 Å². The summed E-state index contributed by atoms with van der Waals surface area (Å²) < 4.78 is 11.2. The maximum absolute atomic E-state index is 12.4. The van der Waals surface area contributed by atoms with Crippen molar-refractivity contribution in [3.05, 3.63) is 59.7 Å². The van der Waals surface area contributed by atoms with E-state index in [1.165, 1.54) is 0 Å². The topological polar surface area (TPSA) is 112 Å². The van der Waals surface area contributed by atoms with Crippen molar-refractivity contribution >= 4 is 11.8 Å². The van der Waals surface area contributed by atoms with Gasteiger partial charge in [0.15, 0.2) is 0 Å². The van der Waals surface area contributed by atoms with Gasteiger partial charge in [-0.2, -0.15) is 5.26 Å². The van der Waals surface area contributed by atoms with E-state index < -0.39 is 12.2 Å². The first-order chi connectivity index (χ1) is 13.6. The van der Waals surface area contributed by atoms with Gasteiger partial charge in [0.1, 0.15) is 18.5 Å². The third kappa shape index (κ3) is 5.98. The summed E-state index contributed by atoms with van der Waals surface area (Å²) >= 11 is 0. The van der Waals surface area contributed by atoms with Crippen molar-refractivity contribution in [3.63, 3.8) is 0 Å². The zero-order valence-electron chi connectivity index (χ0n) is 15.7. The number of amides is 1. The molecule has 0 aliphatic rings. The molecule has 2 aromatic carbocycles. The summed E-state index contributed by atoms with van der Waals surface area (Å²) in [5, 5.41) is 29.8. The highest BCUT2D eigenvalue weighted by Crippen LogP contribution is 2.35. The number of nitrogens with zero attached hydrogens (tertiary/aromatic N) is 1. The number of hydrogen-bond acceptors (Lipinski definition) is 6. The Hall–Kier alpha value is -3.08. The van der Waals surface area contributed by atoms with Gasteiger partial charge in [-0.3, -0.25) is 5.32 Å². The molecule has 0 heterocycles. The van der Waals surface area contributed by atoms with Gasteiger partial charge in [0.2, 0.25) is 0 Å². The Morgan fingerprint density at radius 2 is 1.86 bits per heavy atom. The number of nitrogens with one attached hydrogen (secondary N) is 1. The van der Waals surface area contributed by atoms with Crippen LogP contribution >= 0.6 is 0 Å². The fourth-order valence-corrected chi connectivity index (χ4v) is 2.73. The second kappa shape index (κ2) is 10.9. The van der Waals surface area contributed by atoms with Gasteiger partial charge in [-0.1, -0.05) is 25.1 Å². The lowest BCUT2D eigenvalue weighted by Gasteiger charge is -2.26. The number of nitriles is 1. The standard InChI is InChI=1S/C21H24N2O5/c1-15(10-11-24)20(18-4-2-3-5-19(18)27-13-12-25)28-21(26)23-17-8-6-16(14-22)7-9-17/h2-9,15,20,24-25H,10-13H2,1H3,(H,23,26)/t15-,20+/m1/s1. The summed E-state index contributed by atoms with van der Waals surface area (Å²) in [6.45, 7) is 1.82. The monoisotopic (exact) mass is 384 g/mol. The summed E-state index contributed by atoms with van der Waals surface area (Å²) in [5.74, 6) is 0.341. The minimum Gasteiger partial charge on any atom is -0.491 e. The van der Waals surface area contributed by atoms with Crippen molar-refractivity contribution < 1.29 is 24.5 Å². The maximum Gasteiger partial charge on any atom is 0.412 e. The van der Waals surface area contributed by atoms with Crippen LogP contribution in [0.15, 0.2) is 48.5 Å². The van der Waals surface area contributed by atoms with Crippen LogP contribution in [0.25, 0.3) is 0 Å². The highest BCUT2D eigenvalue weighted by atomic mass is 16.6. The Balaban J connectivity index is 2.19. The average Bonchev–Trinajstić information content (AvgIpc) is 2.71. The highest BCUT2D eigenvalue weighted by Gasteiger charge is 2.26. The minimum atomic E-state index is -0.656. The molecule has 148 valence electrons. The van der Waals surface area contributed by atoms with Gasteiger partial charge in [-0.05, 0) is 42.7 Å². The van der Waals surface area contributed by atoms with E-state index in [0.29, 0.717) is 29.0 Å². The summed E-state index contributed by atoms with van der Waals surface area (Å²) in [6.07, 6.45) is -0.875. The molecule has 0 unspecified atom stereocenters. The summed E-state index contributed by atoms with van der Waals surface area (Å²) in [4.78, 5) is 12.4. The van der Waals surface area contributed by atoms with Crippen molar-refractivity contribution in [2.45, 2.75) is 19.4 Å². The number of ether oxygens (including phenoxy) is 2. The second-order valence-corrected chi connectivity index (χ2v) is 6.24. The molecule has 0 saturated heterocycles. The lowest BCUT2D eigenvalue weighted by molar-refractivity contribution is 0.0641. The molecule has 0 aliphatic carbocycles. The number of carbonyl (C=O) groups is 1. The number of rotatable bonds is 9. The van der Waals surface area contributed by atoms with Crippen molar-refractivity contribution in [1.82, 2.24) is 0 Å². The van der Waals surface area contributed by atoms with Crippen LogP contribution in [0.3, 0.4) is 0 Å². The molecular formula is C21H24N2O5. The van der Waals surface area contributed by atoms with E-state index in [9.17, 15) is 9.90 Å². The zero-order valence-corrected chi connectivity index (χ0v) is 15.7. The highest BCUT2D eigenvalue weighted by molar-refractivity contribution is 5.84. The van der Waals surface area contributed by atoms with E-state index in [2.05, 4.69) is 5.32 Å². The number of aliphatic hydroxyl groups excluding tert-OH is 2. The second-order valence-electron chi connectivity index (χ2n) is 6.24. The largest absolute Gasteiger partial charge is 0.491 e. The van der Waals surface area contributed by atoms with E-state index in [-0.39, 0.29) is 25.7 Å². The number of benzene rings is 2. The first-order valence-electron chi connectivity index (χ1n) is 9.00. The molecular weight excluding hydrogens is 360 g/mol. The van der Waals surface area contributed by atoms with Gasteiger partial charge in [-0.15, -0.1) is 0 Å². The lowest BCUT2D eigenvalue weighted by atomic mass is 9.94. The van der Waals surface area contributed by atoms with Gasteiger partial charge in [0.05, 0.1) is 18.2 Å². The van der Waals surface area contributed by atoms with Gasteiger partial charge in [-0.25, -0.2) is 4.79 Å². The number of anilines is 1. The Morgan fingerprint density at radius 1 is 1.14 bits per heavy atom.